The average molecular weight is 607 g/mol. The molecule has 0 aliphatic rings. The topological polar surface area (TPSA) is 105 Å². The van der Waals surface area contributed by atoms with Crippen LogP contribution in [0.5, 0.6) is 17.2 Å². The Morgan fingerprint density at radius 1 is 0.795 bits per heavy atom. The number of hydrogen-bond acceptors (Lipinski definition) is 7. The van der Waals surface area contributed by atoms with Crippen LogP contribution < -0.4 is 10.1 Å². The number of nitrogens with zero attached hydrogens (tertiary/aromatic N) is 1. The van der Waals surface area contributed by atoms with E-state index in [2.05, 4.69) is 63.0 Å². The SMILES string of the molecule is CC(C)N(CC[C@H](C)c1cc(CCCCOc2ccc(CCNC[C@H](O)c3ccc(O)c(CO)c3)cc2)ccc1O)C(C)C. The Morgan fingerprint density at radius 3 is 2.16 bits per heavy atom. The van der Waals surface area contributed by atoms with Crippen molar-refractivity contribution in [2.45, 2.75) is 97.4 Å². The van der Waals surface area contributed by atoms with E-state index in [4.69, 9.17) is 4.74 Å². The third-order valence-corrected chi connectivity index (χ3v) is 8.41. The van der Waals surface area contributed by atoms with Crippen LogP contribution in [0.3, 0.4) is 0 Å². The molecule has 242 valence electrons. The summed E-state index contributed by atoms with van der Waals surface area (Å²) in [6.07, 6.45) is 4.07. The molecule has 0 unspecified atom stereocenters. The minimum absolute atomic E-state index is 0.0305. The van der Waals surface area contributed by atoms with Gasteiger partial charge in [-0.2, -0.15) is 0 Å². The van der Waals surface area contributed by atoms with Crippen LogP contribution in [-0.2, 0) is 19.4 Å². The van der Waals surface area contributed by atoms with E-state index in [0.29, 0.717) is 54.6 Å². The molecule has 0 fully saturated rings. The Labute approximate surface area is 264 Å². The fourth-order valence-corrected chi connectivity index (χ4v) is 5.67. The van der Waals surface area contributed by atoms with Crippen LogP contribution in [0.15, 0.2) is 60.7 Å². The van der Waals surface area contributed by atoms with Crippen LogP contribution in [0, 0.1) is 0 Å². The molecule has 0 bridgehead atoms. The van der Waals surface area contributed by atoms with E-state index < -0.39 is 6.10 Å². The van der Waals surface area contributed by atoms with Gasteiger partial charge in [0.05, 0.1) is 19.3 Å². The lowest BCUT2D eigenvalue weighted by molar-refractivity contribution is 0.169. The highest BCUT2D eigenvalue weighted by molar-refractivity contribution is 5.39. The summed E-state index contributed by atoms with van der Waals surface area (Å²) in [4.78, 5) is 2.51. The second kappa shape index (κ2) is 18.0. The number of aliphatic hydroxyl groups excluding tert-OH is 2. The summed E-state index contributed by atoms with van der Waals surface area (Å²) in [6.45, 7) is 13.7. The summed E-state index contributed by atoms with van der Waals surface area (Å²) in [7, 11) is 0. The van der Waals surface area contributed by atoms with Gasteiger partial charge in [0, 0.05) is 24.2 Å². The predicted octanol–water partition coefficient (Wildman–Crippen LogP) is 6.47. The first-order valence-electron chi connectivity index (χ1n) is 16.2. The molecule has 7 nitrogen and oxygen atoms in total. The van der Waals surface area contributed by atoms with Gasteiger partial charge < -0.3 is 30.5 Å². The number of hydrogen-bond donors (Lipinski definition) is 5. The van der Waals surface area contributed by atoms with Crippen LogP contribution in [0.1, 0.15) is 93.7 Å². The molecular weight excluding hydrogens is 552 g/mol. The number of nitrogens with one attached hydrogen (secondary N) is 1. The Bertz CT molecular complexity index is 1250. The van der Waals surface area contributed by atoms with E-state index in [-0.39, 0.29) is 12.4 Å². The highest BCUT2D eigenvalue weighted by atomic mass is 16.5. The minimum atomic E-state index is -0.716. The van der Waals surface area contributed by atoms with Crippen LogP contribution in [0.25, 0.3) is 0 Å². The van der Waals surface area contributed by atoms with E-state index in [1.54, 1.807) is 12.1 Å². The molecule has 3 aromatic rings. The molecule has 7 heteroatoms. The van der Waals surface area contributed by atoms with E-state index in [1.807, 2.05) is 24.3 Å². The van der Waals surface area contributed by atoms with Crippen LogP contribution >= 0.6 is 0 Å². The van der Waals surface area contributed by atoms with Crippen LogP contribution in [-0.4, -0.2) is 63.7 Å². The molecule has 0 aromatic heterocycles. The molecule has 2 atom stereocenters. The summed E-state index contributed by atoms with van der Waals surface area (Å²) < 4.78 is 5.98. The van der Waals surface area contributed by atoms with E-state index in [9.17, 15) is 20.4 Å². The van der Waals surface area contributed by atoms with E-state index in [1.165, 1.54) is 17.2 Å². The Balaban J connectivity index is 1.34. The van der Waals surface area contributed by atoms with Gasteiger partial charge in [0.1, 0.15) is 17.2 Å². The van der Waals surface area contributed by atoms with Gasteiger partial charge in [0.25, 0.3) is 0 Å². The van der Waals surface area contributed by atoms with Gasteiger partial charge in [0.15, 0.2) is 0 Å². The van der Waals surface area contributed by atoms with E-state index >= 15 is 0 Å². The fourth-order valence-electron chi connectivity index (χ4n) is 5.67. The van der Waals surface area contributed by atoms with Crippen molar-refractivity contribution in [2.75, 3.05) is 26.2 Å². The Hall–Kier alpha value is -3.10. The molecule has 0 saturated heterocycles. The Kier molecular flexibility index (Phi) is 14.5. The summed E-state index contributed by atoms with van der Waals surface area (Å²) >= 11 is 0. The molecule has 44 heavy (non-hydrogen) atoms. The van der Waals surface area contributed by atoms with Crippen molar-refractivity contribution in [2.24, 2.45) is 0 Å². The lowest BCUT2D eigenvalue weighted by Gasteiger charge is -2.31. The van der Waals surface area contributed by atoms with Crippen molar-refractivity contribution >= 4 is 0 Å². The van der Waals surface area contributed by atoms with Gasteiger partial charge in [-0.25, -0.2) is 0 Å². The first-order valence-corrected chi connectivity index (χ1v) is 16.2. The van der Waals surface area contributed by atoms with Crippen molar-refractivity contribution in [1.82, 2.24) is 10.2 Å². The van der Waals surface area contributed by atoms with Gasteiger partial charge in [-0.3, -0.25) is 4.90 Å². The largest absolute Gasteiger partial charge is 0.508 e. The number of rotatable bonds is 19. The first kappa shape index (κ1) is 35.4. The van der Waals surface area contributed by atoms with Crippen molar-refractivity contribution in [1.29, 1.82) is 0 Å². The number of benzene rings is 3. The summed E-state index contributed by atoms with van der Waals surface area (Å²) in [5.74, 6) is 1.59. The van der Waals surface area contributed by atoms with Gasteiger partial charge in [0.2, 0.25) is 0 Å². The number of aliphatic hydroxyl groups is 2. The van der Waals surface area contributed by atoms with Crippen LogP contribution in [0.2, 0.25) is 0 Å². The number of aryl methyl sites for hydroxylation is 1. The van der Waals surface area contributed by atoms with Crippen molar-refractivity contribution in [3.63, 3.8) is 0 Å². The molecule has 0 saturated carbocycles. The molecule has 0 amide bonds. The van der Waals surface area contributed by atoms with Gasteiger partial charge in [-0.05, 0) is 131 Å². The number of unbranched alkanes of at least 4 members (excludes halogenated alkanes) is 1. The normalized spacial score (nSPS) is 13.1. The molecule has 0 radical (unpaired) electrons. The quantitative estimate of drug-likeness (QED) is 0.0997. The highest BCUT2D eigenvalue weighted by Crippen LogP contribution is 2.30. The molecule has 5 N–H and O–H groups in total. The van der Waals surface area contributed by atoms with E-state index in [0.717, 1.165) is 50.0 Å². The zero-order chi connectivity index (χ0) is 32.1. The van der Waals surface area contributed by atoms with Crippen LogP contribution in [0.4, 0.5) is 0 Å². The second-order valence-electron chi connectivity index (χ2n) is 12.5. The lowest BCUT2D eigenvalue weighted by atomic mass is 9.93. The molecule has 0 spiro atoms. The standard InChI is InChI=1S/C37H54N2O5/c1-26(2)39(27(3)4)20-18-28(5)34-22-30(11-15-36(34)42)8-6-7-21-44-33-13-9-29(10-14-33)17-19-38-24-37(43)31-12-16-35(41)32(23-31)25-40/h9-16,22-23,26-28,37-38,40-43H,6-8,17-21,24-25H2,1-5H3/t28-,37-/m0/s1. The molecule has 3 rings (SSSR count). The van der Waals surface area contributed by atoms with Gasteiger partial charge in [-0.15, -0.1) is 0 Å². The van der Waals surface area contributed by atoms with Crippen molar-refractivity contribution < 1.29 is 25.2 Å². The second-order valence-corrected chi connectivity index (χ2v) is 12.5. The smallest absolute Gasteiger partial charge is 0.121 e. The third kappa shape index (κ3) is 11.1. The monoisotopic (exact) mass is 606 g/mol. The first-order chi connectivity index (χ1) is 21.1. The number of phenolic OH excluding ortho intramolecular Hbond substituents is 1. The zero-order valence-corrected chi connectivity index (χ0v) is 27.3. The molecule has 0 heterocycles. The third-order valence-electron chi connectivity index (χ3n) is 8.41. The summed E-state index contributed by atoms with van der Waals surface area (Å²) in [5.41, 5.74) is 4.56. The summed E-state index contributed by atoms with van der Waals surface area (Å²) in [6, 6.07) is 20.0. The molecule has 0 aliphatic carbocycles. The van der Waals surface area contributed by atoms with Crippen molar-refractivity contribution in [3.8, 4) is 17.2 Å². The number of phenols is 2. The lowest BCUT2D eigenvalue weighted by Crippen LogP contribution is -2.38. The fraction of sp³-hybridized carbons (Fsp3) is 0.514. The zero-order valence-electron chi connectivity index (χ0n) is 27.3. The average Bonchev–Trinajstić information content (AvgIpc) is 3.00. The highest BCUT2D eigenvalue weighted by Gasteiger charge is 2.17. The maximum Gasteiger partial charge on any atom is 0.121 e. The maximum atomic E-state index is 10.5. The molecular formula is C37H54N2O5. The van der Waals surface area contributed by atoms with Gasteiger partial charge in [-0.1, -0.05) is 37.3 Å². The number of aromatic hydroxyl groups is 2. The van der Waals surface area contributed by atoms with Crippen molar-refractivity contribution in [3.05, 3.63) is 88.5 Å². The number of ether oxygens (including phenoxy) is 1. The van der Waals surface area contributed by atoms with Gasteiger partial charge >= 0.3 is 0 Å². The Morgan fingerprint density at radius 2 is 1.48 bits per heavy atom. The summed E-state index contributed by atoms with van der Waals surface area (Å²) in [5, 5.41) is 43.2. The maximum absolute atomic E-state index is 10.5. The predicted molar refractivity (Wildman–Crippen MR) is 179 cm³/mol. The molecule has 3 aromatic carbocycles. The minimum Gasteiger partial charge on any atom is -0.508 e. The molecule has 0 aliphatic heterocycles.